The van der Waals surface area contributed by atoms with Gasteiger partial charge in [0.15, 0.2) is 6.61 Å². The first-order chi connectivity index (χ1) is 11.6. The summed E-state index contributed by atoms with van der Waals surface area (Å²) in [5.41, 5.74) is 2.17. The quantitative estimate of drug-likeness (QED) is 0.846. The summed E-state index contributed by atoms with van der Waals surface area (Å²) in [5.74, 6) is 0.367. The van der Waals surface area contributed by atoms with Crippen LogP contribution in [0.4, 0.5) is 8.78 Å². The van der Waals surface area contributed by atoms with E-state index in [1.807, 2.05) is 6.07 Å². The van der Waals surface area contributed by atoms with Gasteiger partial charge < -0.3 is 10.1 Å². The average Bonchev–Trinajstić information content (AvgIpc) is 3.44. The monoisotopic (exact) mass is 333 g/mol. The lowest BCUT2D eigenvalue weighted by atomic mass is 10.1. The van der Waals surface area contributed by atoms with Crippen molar-refractivity contribution < 1.29 is 18.3 Å². The van der Waals surface area contributed by atoms with Crippen LogP contribution in [0.2, 0.25) is 0 Å². The second-order valence-corrected chi connectivity index (χ2v) is 5.63. The molecule has 1 N–H and O–H groups in total. The van der Waals surface area contributed by atoms with E-state index in [2.05, 4.69) is 15.3 Å². The molecule has 0 unspecified atom stereocenters. The van der Waals surface area contributed by atoms with Crippen LogP contribution in [0.3, 0.4) is 0 Å². The van der Waals surface area contributed by atoms with Crippen molar-refractivity contribution in [1.82, 2.24) is 15.3 Å². The third kappa shape index (κ3) is 4.24. The normalized spacial score (nSPS) is 13.8. The van der Waals surface area contributed by atoms with Crippen LogP contribution in [-0.2, 0) is 6.54 Å². The maximum Gasteiger partial charge on any atom is 0.272 e. The maximum atomic E-state index is 12.3. The van der Waals surface area contributed by atoms with E-state index >= 15 is 0 Å². The highest BCUT2D eigenvalue weighted by Gasteiger charge is 2.28. The van der Waals surface area contributed by atoms with E-state index in [4.69, 9.17) is 4.74 Å². The van der Waals surface area contributed by atoms with Gasteiger partial charge in [-0.2, -0.15) is 0 Å². The van der Waals surface area contributed by atoms with Crippen molar-refractivity contribution in [2.75, 3.05) is 6.61 Å². The third-order valence-corrected chi connectivity index (χ3v) is 3.69. The van der Waals surface area contributed by atoms with Crippen LogP contribution < -0.4 is 10.1 Å². The number of nitrogens with one attached hydrogen (secondary N) is 1. The Bertz CT molecular complexity index is 706. The molecule has 0 bridgehead atoms. The Balaban J connectivity index is 1.66. The number of aromatic nitrogens is 2. The summed E-state index contributed by atoms with van der Waals surface area (Å²) < 4.78 is 29.7. The molecular formula is C17H17F2N3O2. The average molecular weight is 333 g/mol. The van der Waals surface area contributed by atoms with E-state index in [0.717, 1.165) is 24.0 Å². The molecule has 2 heterocycles. The van der Waals surface area contributed by atoms with Crippen LogP contribution >= 0.6 is 0 Å². The van der Waals surface area contributed by atoms with Crippen LogP contribution in [-0.4, -0.2) is 28.9 Å². The number of hydrogen-bond acceptors (Lipinski definition) is 4. The van der Waals surface area contributed by atoms with Crippen LogP contribution in [0.5, 0.6) is 5.88 Å². The fraction of sp³-hybridized carbons (Fsp3) is 0.353. The first kappa shape index (κ1) is 16.3. The number of halogens is 2. The standard InChI is InChI=1S/C17H17F2N3O2/c18-15(19)10-24-17-14(12-1-2-12)7-11(9-22-17)8-21-16(23)13-3-5-20-6-4-13/h3-7,9,12,15H,1-2,8,10H2,(H,21,23). The lowest BCUT2D eigenvalue weighted by molar-refractivity contribution is 0.0790. The van der Waals surface area contributed by atoms with Crippen molar-refractivity contribution in [2.45, 2.75) is 31.7 Å². The van der Waals surface area contributed by atoms with Gasteiger partial charge in [-0.25, -0.2) is 13.8 Å². The summed E-state index contributed by atoms with van der Waals surface area (Å²) >= 11 is 0. The number of pyridine rings is 2. The number of amides is 1. The van der Waals surface area contributed by atoms with Crippen molar-refractivity contribution >= 4 is 5.91 Å². The molecule has 0 aromatic carbocycles. The summed E-state index contributed by atoms with van der Waals surface area (Å²) in [6.45, 7) is -0.353. The van der Waals surface area contributed by atoms with Gasteiger partial charge in [-0.3, -0.25) is 9.78 Å². The van der Waals surface area contributed by atoms with Crippen LogP contribution in [0.25, 0.3) is 0 Å². The molecule has 0 radical (unpaired) electrons. The maximum absolute atomic E-state index is 12.3. The van der Waals surface area contributed by atoms with E-state index < -0.39 is 13.0 Å². The van der Waals surface area contributed by atoms with E-state index in [1.54, 1.807) is 30.7 Å². The zero-order valence-corrected chi connectivity index (χ0v) is 12.9. The van der Waals surface area contributed by atoms with Gasteiger partial charge in [-0.1, -0.05) is 0 Å². The molecule has 1 amide bonds. The zero-order valence-electron chi connectivity index (χ0n) is 12.9. The number of carbonyl (C=O) groups is 1. The molecule has 0 aliphatic heterocycles. The van der Waals surface area contributed by atoms with Gasteiger partial charge in [0.25, 0.3) is 12.3 Å². The number of rotatable bonds is 7. The van der Waals surface area contributed by atoms with Gasteiger partial charge in [0.1, 0.15) is 0 Å². The Morgan fingerprint density at radius 3 is 2.75 bits per heavy atom. The van der Waals surface area contributed by atoms with Gasteiger partial charge in [0.2, 0.25) is 5.88 Å². The van der Waals surface area contributed by atoms with Gasteiger partial charge in [-0.15, -0.1) is 0 Å². The van der Waals surface area contributed by atoms with Gasteiger partial charge in [-0.05, 0) is 42.5 Å². The van der Waals surface area contributed by atoms with Crippen molar-refractivity contribution in [1.29, 1.82) is 0 Å². The van der Waals surface area contributed by atoms with Gasteiger partial charge in [0.05, 0.1) is 0 Å². The Morgan fingerprint density at radius 2 is 2.08 bits per heavy atom. The van der Waals surface area contributed by atoms with Crippen molar-refractivity contribution in [3.8, 4) is 5.88 Å². The fourth-order valence-corrected chi connectivity index (χ4v) is 2.35. The lowest BCUT2D eigenvalue weighted by Gasteiger charge is -2.12. The minimum absolute atomic E-state index is 0.205. The molecule has 2 aromatic heterocycles. The van der Waals surface area contributed by atoms with Crippen LogP contribution in [0.15, 0.2) is 36.8 Å². The molecule has 0 atom stereocenters. The topological polar surface area (TPSA) is 64.1 Å². The van der Waals surface area contributed by atoms with E-state index in [-0.39, 0.29) is 11.8 Å². The molecule has 1 saturated carbocycles. The minimum atomic E-state index is -2.53. The predicted octanol–water partition coefficient (Wildman–Crippen LogP) is 2.93. The molecule has 0 saturated heterocycles. The van der Waals surface area contributed by atoms with Gasteiger partial charge in [0, 0.05) is 36.3 Å². The van der Waals surface area contributed by atoms with Crippen molar-refractivity contribution in [3.05, 3.63) is 53.5 Å². The zero-order chi connectivity index (χ0) is 16.9. The Hall–Kier alpha value is -2.57. The molecule has 5 nitrogen and oxygen atoms in total. The van der Waals surface area contributed by atoms with Crippen LogP contribution in [0.1, 0.15) is 40.2 Å². The Morgan fingerprint density at radius 1 is 1.33 bits per heavy atom. The van der Waals surface area contributed by atoms with Crippen LogP contribution in [0, 0.1) is 0 Å². The number of nitrogens with zero attached hydrogens (tertiary/aromatic N) is 2. The Labute approximate surface area is 138 Å². The highest BCUT2D eigenvalue weighted by molar-refractivity contribution is 5.93. The van der Waals surface area contributed by atoms with E-state index in [1.165, 1.54) is 0 Å². The second kappa shape index (κ2) is 7.33. The highest BCUT2D eigenvalue weighted by atomic mass is 19.3. The number of alkyl halides is 2. The smallest absolute Gasteiger partial charge is 0.272 e. The first-order valence-corrected chi connectivity index (χ1v) is 7.71. The molecule has 126 valence electrons. The third-order valence-electron chi connectivity index (χ3n) is 3.69. The second-order valence-electron chi connectivity index (χ2n) is 5.63. The molecule has 3 rings (SSSR count). The predicted molar refractivity (Wildman–Crippen MR) is 83.1 cm³/mol. The first-order valence-electron chi connectivity index (χ1n) is 7.71. The van der Waals surface area contributed by atoms with E-state index in [0.29, 0.717) is 18.0 Å². The minimum Gasteiger partial charge on any atom is -0.471 e. The summed E-state index contributed by atoms with van der Waals surface area (Å²) in [6, 6.07) is 5.13. The number of ether oxygens (including phenoxy) is 1. The molecule has 0 spiro atoms. The molecular weight excluding hydrogens is 316 g/mol. The van der Waals surface area contributed by atoms with Crippen molar-refractivity contribution in [3.63, 3.8) is 0 Å². The molecule has 24 heavy (non-hydrogen) atoms. The molecule has 1 aliphatic rings. The fourth-order valence-electron chi connectivity index (χ4n) is 2.35. The lowest BCUT2D eigenvalue weighted by Crippen LogP contribution is -2.23. The highest BCUT2D eigenvalue weighted by Crippen LogP contribution is 2.43. The summed E-state index contributed by atoms with van der Waals surface area (Å²) in [4.78, 5) is 20.0. The van der Waals surface area contributed by atoms with E-state index in [9.17, 15) is 13.6 Å². The molecule has 1 fully saturated rings. The van der Waals surface area contributed by atoms with Gasteiger partial charge >= 0.3 is 0 Å². The molecule has 1 aliphatic carbocycles. The summed E-state index contributed by atoms with van der Waals surface area (Å²) in [5, 5.41) is 2.80. The number of carbonyl (C=O) groups excluding carboxylic acids is 1. The van der Waals surface area contributed by atoms with Crippen molar-refractivity contribution in [2.24, 2.45) is 0 Å². The molecule has 2 aromatic rings. The SMILES string of the molecule is O=C(NCc1cnc(OCC(F)F)c(C2CC2)c1)c1ccncc1. The summed E-state index contributed by atoms with van der Waals surface area (Å²) in [6.07, 6.45) is 4.12. The largest absolute Gasteiger partial charge is 0.471 e. The number of hydrogen-bond donors (Lipinski definition) is 1. The Kier molecular flexibility index (Phi) is 4.98. The summed E-state index contributed by atoms with van der Waals surface area (Å²) in [7, 11) is 0. The molecule has 7 heteroatoms.